The quantitative estimate of drug-likeness (QED) is 0.299. The third-order valence-corrected chi connectivity index (χ3v) is 7.57. The zero-order chi connectivity index (χ0) is 25.5. The van der Waals surface area contributed by atoms with Gasteiger partial charge in [-0.05, 0) is 67.4 Å². The Morgan fingerprint density at radius 1 is 1.14 bits per heavy atom. The van der Waals surface area contributed by atoms with E-state index in [1.54, 1.807) is 18.2 Å². The van der Waals surface area contributed by atoms with E-state index < -0.39 is 5.82 Å². The third kappa shape index (κ3) is 4.54. The number of benzene rings is 3. The lowest BCUT2D eigenvalue weighted by molar-refractivity contribution is 0.286. The molecule has 0 unspecified atom stereocenters. The monoisotopic (exact) mass is 521 g/mol. The molecular formula is C28H29ClFN5O2. The molecule has 2 bridgehead atoms. The number of hydrogen-bond acceptors (Lipinski definition) is 7. The second kappa shape index (κ2) is 9.93. The molecule has 9 heteroatoms. The van der Waals surface area contributed by atoms with Crippen LogP contribution in [0.1, 0.15) is 19.3 Å². The molecule has 0 saturated carbocycles. The summed E-state index contributed by atoms with van der Waals surface area (Å²) in [6, 6.07) is 13.4. The van der Waals surface area contributed by atoms with Gasteiger partial charge in [-0.2, -0.15) is 9.97 Å². The lowest BCUT2D eigenvalue weighted by Gasteiger charge is -2.34. The van der Waals surface area contributed by atoms with Gasteiger partial charge < -0.3 is 25.4 Å². The molecule has 2 fully saturated rings. The van der Waals surface area contributed by atoms with Crippen LogP contribution in [0.4, 0.5) is 10.2 Å². The number of phenols is 1. The van der Waals surface area contributed by atoms with Gasteiger partial charge in [0.15, 0.2) is 5.82 Å². The van der Waals surface area contributed by atoms with Crippen molar-refractivity contribution >= 4 is 39.1 Å². The van der Waals surface area contributed by atoms with Crippen LogP contribution >= 0.6 is 11.6 Å². The Morgan fingerprint density at radius 3 is 2.70 bits per heavy atom. The summed E-state index contributed by atoms with van der Waals surface area (Å²) in [5.74, 6) is 0.123. The minimum Gasteiger partial charge on any atom is -0.508 e. The van der Waals surface area contributed by atoms with Crippen molar-refractivity contribution in [2.24, 2.45) is 0 Å². The summed E-state index contributed by atoms with van der Waals surface area (Å²) in [5, 5.41) is 19.5. The van der Waals surface area contributed by atoms with Crippen LogP contribution < -0.4 is 20.3 Å². The standard InChI is InChI=1S/C28H29ClFN5O2/c1-31-9-4-10-37-28-33-26-22(27(34-28)35-14-17-7-8-18(15-35)32-17)13-23(29)24(25(26)30)21-12-19(36)11-16-5-2-3-6-20(16)21/h2-3,5-6,11-13,17-18,31-32,36H,4,7-10,14-15H2,1H3/t17-,18+. The third-order valence-electron chi connectivity index (χ3n) is 7.28. The maximum absolute atomic E-state index is 16.5. The average molecular weight is 522 g/mol. The van der Waals surface area contributed by atoms with Crippen LogP contribution in [0.25, 0.3) is 32.8 Å². The predicted octanol–water partition coefficient (Wildman–Crippen LogP) is 4.88. The highest BCUT2D eigenvalue weighted by Crippen LogP contribution is 2.42. The summed E-state index contributed by atoms with van der Waals surface area (Å²) < 4.78 is 22.4. The van der Waals surface area contributed by atoms with Gasteiger partial charge in [0.25, 0.3) is 0 Å². The first-order chi connectivity index (χ1) is 18.0. The van der Waals surface area contributed by atoms with Gasteiger partial charge >= 0.3 is 6.01 Å². The van der Waals surface area contributed by atoms with Crippen molar-refractivity contribution in [3.8, 4) is 22.9 Å². The van der Waals surface area contributed by atoms with Gasteiger partial charge in [0.2, 0.25) is 0 Å². The SMILES string of the molecule is CNCCCOc1nc(N2C[C@H]3CC[C@@H](C2)N3)c2cc(Cl)c(-c3cc(O)cc4ccccc34)c(F)c2n1. The van der Waals surface area contributed by atoms with Crippen molar-refractivity contribution in [1.29, 1.82) is 0 Å². The van der Waals surface area contributed by atoms with Gasteiger partial charge in [0.1, 0.15) is 17.1 Å². The van der Waals surface area contributed by atoms with E-state index in [0.717, 1.165) is 49.7 Å². The highest BCUT2D eigenvalue weighted by Gasteiger charge is 2.34. The molecule has 0 radical (unpaired) electrons. The number of halogens is 2. The number of hydrogen-bond donors (Lipinski definition) is 3. The molecule has 3 N–H and O–H groups in total. The van der Waals surface area contributed by atoms with E-state index in [1.165, 1.54) is 0 Å². The number of rotatable bonds is 7. The fourth-order valence-corrected chi connectivity index (χ4v) is 5.89. The van der Waals surface area contributed by atoms with Gasteiger partial charge in [0.05, 0.1) is 11.6 Å². The van der Waals surface area contributed by atoms with E-state index in [2.05, 4.69) is 20.5 Å². The molecule has 0 spiro atoms. The van der Waals surface area contributed by atoms with Gasteiger partial charge in [0, 0.05) is 36.1 Å². The highest BCUT2D eigenvalue weighted by atomic mass is 35.5. The molecule has 3 heterocycles. The minimum atomic E-state index is -0.555. The molecule has 192 valence electrons. The van der Waals surface area contributed by atoms with E-state index in [-0.39, 0.29) is 27.9 Å². The molecular weight excluding hydrogens is 493 g/mol. The molecule has 1 aromatic heterocycles. The maximum atomic E-state index is 16.5. The summed E-state index contributed by atoms with van der Waals surface area (Å²) in [6.07, 6.45) is 3.00. The first kappa shape index (κ1) is 24.2. The summed E-state index contributed by atoms with van der Waals surface area (Å²) in [7, 11) is 1.88. The Balaban J connectivity index is 1.53. The molecule has 0 aliphatic carbocycles. The lowest BCUT2D eigenvalue weighted by Crippen LogP contribution is -2.51. The number of anilines is 1. The lowest BCUT2D eigenvalue weighted by atomic mass is 9.96. The maximum Gasteiger partial charge on any atom is 0.319 e. The second-order valence-electron chi connectivity index (χ2n) is 9.84. The zero-order valence-electron chi connectivity index (χ0n) is 20.6. The molecule has 37 heavy (non-hydrogen) atoms. The van der Waals surface area contributed by atoms with Crippen molar-refractivity contribution in [2.75, 3.05) is 38.2 Å². The van der Waals surface area contributed by atoms with Crippen molar-refractivity contribution < 1.29 is 14.2 Å². The highest BCUT2D eigenvalue weighted by molar-refractivity contribution is 6.35. The molecule has 6 rings (SSSR count). The van der Waals surface area contributed by atoms with Crippen LogP contribution in [0, 0.1) is 5.82 Å². The van der Waals surface area contributed by atoms with Gasteiger partial charge in [-0.15, -0.1) is 0 Å². The molecule has 4 aromatic rings. The first-order valence-electron chi connectivity index (χ1n) is 12.7. The molecule has 7 nitrogen and oxygen atoms in total. The molecule has 2 saturated heterocycles. The summed E-state index contributed by atoms with van der Waals surface area (Å²) in [4.78, 5) is 11.5. The number of aromatic hydroxyl groups is 1. The number of piperazine rings is 1. The number of fused-ring (bicyclic) bond motifs is 4. The van der Waals surface area contributed by atoms with Crippen molar-refractivity contribution in [1.82, 2.24) is 20.6 Å². The largest absolute Gasteiger partial charge is 0.508 e. The second-order valence-corrected chi connectivity index (χ2v) is 10.2. The van der Waals surface area contributed by atoms with Crippen LogP contribution in [-0.2, 0) is 0 Å². The Morgan fingerprint density at radius 2 is 1.92 bits per heavy atom. The van der Waals surface area contributed by atoms with Gasteiger partial charge in [-0.25, -0.2) is 4.39 Å². The summed E-state index contributed by atoms with van der Waals surface area (Å²) in [6.45, 7) is 2.76. The van der Waals surface area contributed by atoms with Crippen LogP contribution in [0.3, 0.4) is 0 Å². The fourth-order valence-electron chi connectivity index (χ4n) is 5.60. The summed E-state index contributed by atoms with van der Waals surface area (Å²) >= 11 is 6.79. The molecule has 2 aliphatic heterocycles. The first-order valence-corrected chi connectivity index (χ1v) is 13.1. The van der Waals surface area contributed by atoms with E-state index >= 15 is 4.39 Å². The molecule has 2 aliphatic rings. The van der Waals surface area contributed by atoms with E-state index in [4.69, 9.17) is 21.3 Å². The van der Waals surface area contributed by atoms with E-state index in [9.17, 15) is 5.11 Å². The minimum absolute atomic E-state index is 0.0393. The predicted molar refractivity (Wildman–Crippen MR) is 145 cm³/mol. The fraction of sp³-hybridized carbons (Fsp3) is 0.357. The number of nitrogens with one attached hydrogen (secondary N) is 2. The smallest absolute Gasteiger partial charge is 0.319 e. The number of phenolic OH excluding ortho intramolecular Hbond substituents is 1. The van der Waals surface area contributed by atoms with Crippen LogP contribution in [0.2, 0.25) is 5.02 Å². The van der Waals surface area contributed by atoms with Crippen LogP contribution in [0.15, 0.2) is 42.5 Å². The molecule has 3 aromatic carbocycles. The van der Waals surface area contributed by atoms with Crippen LogP contribution in [0.5, 0.6) is 11.8 Å². The number of nitrogens with zero attached hydrogens (tertiary/aromatic N) is 3. The van der Waals surface area contributed by atoms with Gasteiger partial charge in [-0.3, -0.25) is 0 Å². The Bertz CT molecular complexity index is 1470. The number of ether oxygens (including phenoxy) is 1. The Labute approximate surface area is 219 Å². The Hall–Kier alpha value is -3.20. The normalized spacial score (nSPS) is 19.2. The zero-order valence-corrected chi connectivity index (χ0v) is 21.4. The Kier molecular flexibility index (Phi) is 6.48. The van der Waals surface area contributed by atoms with E-state index in [0.29, 0.717) is 35.5 Å². The van der Waals surface area contributed by atoms with Crippen LogP contribution in [-0.4, -0.2) is 60.4 Å². The molecule has 0 amide bonds. The van der Waals surface area contributed by atoms with Gasteiger partial charge in [-0.1, -0.05) is 35.9 Å². The average Bonchev–Trinajstić information content (AvgIpc) is 3.23. The number of aromatic nitrogens is 2. The van der Waals surface area contributed by atoms with E-state index in [1.807, 2.05) is 31.3 Å². The van der Waals surface area contributed by atoms with Crippen molar-refractivity contribution in [3.63, 3.8) is 0 Å². The summed E-state index contributed by atoms with van der Waals surface area (Å²) in [5.41, 5.74) is 0.871. The molecule has 2 atom stereocenters. The van der Waals surface area contributed by atoms with Crippen molar-refractivity contribution in [2.45, 2.75) is 31.3 Å². The van der Waals surface area contributed by atoms with Crippen molar-refractivity contribution in [3.05, 3.63) is 53.3 Å². The topological polar surface area (TPSA) is 82.5 Å².